The molecule has 1 fully saturated rings. The number of nitrogens with one attached hydrogen (secondary N) is 1. The maximum atomic E-state index is 11.5. The van der Waals surface area contributed by atoms with Crippen molar-refractivity contribution in [3.05, 3.63) is 0 Å². The first kappa shape index (κ1) is 15.7. The van der Waals surface area contributed by atoms with Gasteiger partial charge in [0.25, 0.3) is 5.91 Å². The second kappa shape index (κ2) is 6.70. The molecule has 0 bridgehead atoms. The van der Waals surface area contributed by atoms with Crippen molar-refractivity contribution in [3.63, 3.8) is 0 Å². The van der Waals surface area contributed by atoms with Crippen LogP contribution in [0.5, 0.6) is 0 Å². The van der Waals surface area contributed by atoms with E-state index < -0.39 is 36.1 Å². The maximum absolute atomic E-state index is 11.5. The number of hydrogen-bond donors (Lipinski definition) is 5. The fraction of sp³-hybridized carbons (Fsp3) is 0.600. The summed E-state index contributed by atoms with van der Waals surface area (Å²) in [7, 11) is 0. The smallest absolute Gasteiger partial charge is 0.336 e. The number of carbonyl (C=O) groups excluding carboxylic acids is 1. The number of aliphatic imine (C=N–C) groups is 1. The molecule has 2 unspecified atom stereocenters. The number of ether oxygens (including phenoxy) is 1. The van der Waals surface area contributed by atoms with E-state index in [1.807, 2.05) is 0 Å². The molecule has 0 spiro atoms. The van der Waals surface area contributed by atoms with Crippen LogP contribution in [0.3, 0.4) is 0 Å². The van der Waals surface area contributed by atoms with E-state index in [2.05, 4.69) is 15.0 Å². The van der Waals surface area contributed by atoms with Crippen molar-refractivity contribution >= 4 is 23.8 Å². The number of carboxylic acids is 2. The molecule has 1 rings (SSSR count). The van der Waals surface area contributed by atoms with Crippen LogP contribution in [0.4, 0.5) is 0 Å². The van der Waals surface area contributed by atoms with E-state index in [-0.39, 0.29) is 18.9 Å². The molecule has 0 saturated carbocycles. The molecule has 0 radical (unpaired) electrons. The highest BCUT2D eigenvalue weighted by molar-refractivity contribution is 5.94. The fourth-order valence-corrected chi connectivity index (χ4v) is 1.51. The average Bonchev–Trinajstić information content (AvgIpc) is 3.12. The van der Waals surface area contributed by atoms with Gasteiger partial charge < -0.3 is 31.7 Å². The number of nitrogens with two attached hydrogens (primary N) is 2. The summed E-state index contributed by atoms with van der Waals surface area (Å²) in [5.41, 5.74) is 10.2. The van der Waals surface area contributed by atoms with Gasteiger partial charge >= 0.3 is 11.9 Å². The second-order valence-corrected chi connectivity index (χ2v) is 4.16. The minimum absolute atomic E-state index is 0.100. The molecule has 1 aliphatic rings. The average molecular weight is 288 g/mol. The van der Waals surface area contributed by atoms with Crippen molar-refractivity contribution in [3.8, 4) is 0 Å². The van der Waals surface area contributed by atoms with E-state index in [0.717, 1.165) is 0 Å². The van der Waals surface area contributed by atoms with E-state index in [0.29, 0.717) is 6.42 Å². The number of carbonyl (C=O) groups is 3. The number of epoxide rings is 1. The third-order valence-corrected chi connectivity index (χ3v) is 2.55. The quantitative estimate of drug-likeness (QED) is 0.140. The fourth-order valence-electron chi connectivity index (χ4n) is 1.51. The number of rotatable bonds is 8. The molecule has 1 heterocycles. The summed E-state index contributed by atoms with van der Waals surface area (Å²) in [6, 6.07) is -1.14. The van der Waals surface area contributed by atoms with E-state index in [9.17, 15) is 14.4 Å². The highest BCUT2D eigenvalue weighted by Crippen LogP contribution is 2.22. The van der Waals surface area contributed by atoms with Crippen molar-refractivity contribution in [2.75, 3.05) is 6.54 Å². The van der Waals surface area contributed by atoms with E-state index in [1.165, 1.54) is 0 Å². The van der Waals surface area contributed by atoms with Crippen molar-refractivity contribution in [2.45, 2.75) is 31.1 Å². The molecule has 20 heavy (non-hydrogen) atoms. The lowest BCUT2D eigenvalue weighted by Crippen LogP contribution is -2.43. The standard InChI is InChI=1S/C10H16N4O6/c11-10(12)13-3-1-2-4(8(16)17)14-7(15)5-6(20-5)9(18)19/h4-6H,1-3H2,(H,14,15)(H,16,17)(H,18,19)(H4,11,12,13)/t4-,5?,6?/m0/s1. The molecule has 0 aliphatic carbocycles. The number of hydrogen-bond acceptors (Lipinski definition) is 5. The lowest BCUT2D eigenvalue weighted by molar-refractivity contribution is -0.142. The number of carboxylic acid groups (broad SMARTS) is 2. The third-order valence-electron chi connectivity index (χ3n) is 2.55. The van der Waals surface area contributed by atoms with Gasteiger partial charge in [0.1, 0.15) is 6.04 Å². The molecule has 1 saturated heterocycles. The van der Waals surface area contributed by atoms with Crippen molar-refractivity contribution in [2.24, 2.45) is 16.5 Å². The van der Waals surface area contributed by atoms with Gasteiger partial charge in [0.15, 0.2) is 18.2 Å². The van der Waals surface area contributed by atoms with Gasteiger partial charge in [-0.2, -0.15) is 0 Å². The van der Waals surface area contributed by atoms with Gasteiger partial charge in [-0.3, -0.25) is 9.79 Å². The van der Waals surface area contributed by atoms with Crippen LogP contribution in [0.25, 0.3) is 0 Å². The van der Waals surface area contributed by atoms with Gasteiger partial charge in [0, 0.05) is 6.54 Å². The molecule has 3 atom stereocenters. The highest BCUT2D eigenvalue weighted by Gasteiger charge is 2.51. The number of guanidine groups is 1. The zero-order valence-corrected chi connectivity index (χ0v) is 10.5. The van der Waals surface area contributed by atoms with Gasteiger partial charge in [-0.15, -0.1) is 0 Å². The van der Waals surface area contributed by atoms with E-state index in [4.69, 9.17) is 21.7 Å². The Morgan fingerprint density at radius 1 is 1.25 bits per heavy atom. The van der Waals surface area contributed by atoms with Gasteiger partial charge in [0.2, 0.25) is 0 Å². The Balaban J connectivity index is 2.40. The van der Waals surface area contributed by atoms with E-state index in [1.54, 1.807) is 0 Å². The Labute approximate surface area is 113 Å². The number of nitrogens with zero attached hydrogens (tertiary/aromatic N) is 1. The second-order valence-electron chi connectivity index (χ2n) is 4.16. The van der Waals surface area contributed by atoms with Crippen LogP contribution in [-0.4, -0.2) is 58.8 Å². The van der Waals surface area contributed by atoms with Crippen molar-refractivity contribution in [1.82, 2.24) is 5.32 Å². The van der Waals surface area contributed by atoms with Crippen molar-refractivity contribution < 1.29 is 29.3 Å². The lowest BCUT2D eigenvalue weighted by atomic mass is 10.1. The molecule has 7 N–H and O–H groups in total. The first-order valence-electron chi connectivity index (χ1n) is 5.79. The zero-order valence-electron chi connectivity index (χ0n) is 10.5. The summed E-state index contributed by atoms with van der Waals surface area (Å²) < 4.78 is 4.62. The number of aliphatic carboxylic acids is 2. The molecule has 0 aromatic rings. The zero-order chi connectivity index (χ0) is 15.3. The summed E-state index contributed by atoms with van der Waals surface area (Å²) in [6.07, 6.45) is -1.87. The summed E-state index contributed by atoms with van der Waals surface area (Å²) >= 11 is 0. The monoisotopic (exact) mass is 288 g/mol. The third kappa shape index (κ3) is 4.72. The molecular formula is C10H16N4O6. The first-order valence-corrected chi connectivity index (χ1v) is 5.79. The van der Waals surface area contributed by atoms with Crippen LogP contribution in [-0.2, 0) is 19.1 Å². The van der Waals surface area contributed by atoms with Crippen LogP contribution in [0.15, 0.2) is 4.99 Å². The summed E-state index contributed by atoms with van der Waals surface area (Å²) in [5, 5.41) is 19.7. The molecule has 0 aromatic carbocycles. The molecule has 1 aliphatic heterocycles. The Bertz CT molecular complexity index is 433. The predicted molar refractivity (Wildman–Crippen MR) is 65.8 cm³/mol. The summed E-state index contributed by atoms with van der Waals surface area (Å²) in [5.74, 6) is -3.34. The van der Waals surface area contributed by atoms with Gasteiger partial charge in [-0.1, -0.05) is 0 Å². The number of amides is 1. The molecule has 0 aromatic heterocycles. The van der Waals surface area contributed by atoms with Crippen LogP contribution in [0.2, 0.25) is 0 Å². The topological polar surface area (TPSA) is 181 Å². The molecule has 1 amide bonds. The molecule has 10 heteroatoms. The molecular weight excluding hydrogens is 272 g/mol. The van der Waals surface area contributed by atoms with Crippen LogP contribution < -0.4 is 16.8 Å². The van der Waals surface area contributed by atoms with Gasteiger partial charge in [-0.05, 0) is 12.8 Å². The summed E-state index contributed by atoms with van der Waals surface area (Å²) in [4.78, 5) is 36.7. The molecule has 112 valence electrons. The lowest BCUT2D eigenvalue weighted by Gasteiger charge is -2.12. The predicted octanol–water partition coefficient (Wildman–Crippen LogP) is -2.54. The minimum atomic E-state index is -1.26. The van der Waals surface area contributed by atoms with E-state index >= 15 is 0 Å². The highest BCUT2D eigenvalue weighted by atomic mass is 16.6. The minimum Gasteiger partial charge on any atom is -0.480 e. The Morgan fingerprint density at radius 2 is 1.90 bits per heavy atom. The SMILES string of the molecule is NC(N)=NCCC[C@H](NC(=O)C1OC1C(=O)O)C(=O)O. The van der Waals surface area contributed by atoms with Crippen molar-refractivity contribution in [1.29, 1.82) is 0 Å². The van der Waals surface area contributed by atoms with Crippen LogP contribution in [0, 0.1) is 0 Å². The Kier molecular flexibility index (Phi) is 5.26. The molecule has 10 nitrogen and oxygen atoms in total. The van der Waals surface area contributed by atoms with Gasteiger partial charge in [0.05, 0.1) is 0 Å². The normalized spacial score (nSPS) is 21.6. The van der Waals surface area contributed by atoms with Gasteiger partial charge in [-0.25, -0.2) is 9.59 Å². The maximum Gasteiger partial charge on any atom is 0.336 e. The largest absolute Gasteiger partial charge is 0.480 e. The Morgan fingerprint density at radius 3 is 2.35 bits per heavy atom. The Hall–Kier alpha value is -2.36. The van der Waals surface area contributed by atoms with Crippen LogP contribution >= 0.6 is 0 Å². The van der Waals surface area contributed by atoms with Crippen LogP contribution in [0.1, 0.15) is 12.8 Å². The summed E-state index contributed by atoms with van der Waals surface area (Å²) in [6.45, 7) is 0.236. The first-order chi connectivity index (χ1) is 9.32.